The van der Waals surface area contributed by atoms with Gasteiger partial charge in [-0.3, -0.25) is 4.79 Å². The van der Waals surface area contributed by atoms with E-state index in [1.165, 1.54) is 0 Å². The number of nitrogens with one attached hydrogen (secondary N) is 4. The molecule has 11 nitrogen and oxygen atoms in total. The number of aromatic amines is 4. The Balaban J connectivity index is 0.924. The largest absolute Gasteiger partial charge is 0.393 e. The lowest BCUT2D eigenvalue weighted by molar-refractivity contribution is -0.125. The predicted molar refractivity (Wildman–Crippen MR) is 433 cm³/mol. The van der Waals surface area contributed by atoms with Crippen molar-refractivity contribution in [2.24, 2.45) is 23.2 Å². The van der Waals surface area contributed by atoms with Crippen molar-refractivity contribution in [3.63, 3.8) is 0 Å². The minimum absolute atomic E-state index is 0.178. The van der Waals surface area contributed by atoms with Crippen molar-refractivity contribution >= 4 is 96.5 Å². The molecule has 6 aromatic heterocycles. The van der Waals surface area contributed by atoms with Crippen LogP contribution in [0.5, 0.6) is 0 Å². The van der Waals surface area contributed by atoms with Gasteiger partial charge < -0.3 is 30.1 Å². The van der Waals surface area contributed by atoms with Crippen LogP contribution in [0, 0.1) is 23.2 Å². The Morgan fingerprint density at radius 2 is 0.542 bits per heavy atom. The van der Waals surface area contributed by atoms with Crippen molar-refractivity contribution in [2.75, 3.05) is 6.61 Å². The molecule has 0 spiro atoms. The Morgan fingerprint density at radius 1 is 0.299 bits per heavy atom. The molecule has 14 aromatic rings. The van der Waals surface area contributed by atoms with Crippen LogP contribution in [0.1, 0.15) is 52.5 Å². The second-order valence-corrected chi connectivity index (χ2v) is 28.9. The lowest BCUT2D eigenvalue weighted by Gasteiger charge is -2.37. The number of hydrogen-bond acceptors (Lipinski definition) is 7. The fraction of sp³-hybridized carbons (Fsp3) is 0.0729. The highest BCUT2D eigenvalue weighted by atomic mass is 16.3. The monoisotopic (exact) mass is 1380 g/mol. The maximum atomic E-state index is 17.9. The lowest BCUT2D eigenvalue weighted by Crippen LogP contribution is -2.45. The Kier molecular flexibility index (Phi) is 14.0. The van der Waals surface area contributed by atoms with E-state index < -0.39 is 35.4 Å². The summed E-state index contributed by atoms with van der Waals surface area (Å²) in [7, 11) is 0. The van der Waals surface area contributed by atoms with Crippen molar-refractivity contribution in [3.8, 4) is 89.0 Å². The van der Waals surface area contributed by atoms with E-state index in [0.717, 1.165) is 161 Å². The number of rotatable bonds is 9. The molecule has 107 heavy (non-hydrogen) atoms. The van der Waals surface area contributed by atoms with Gasteiger partial charge in [0, 0.05) is 112 Å². The molecule has 10 heterocycles. The molecule has 1 fully saturated rings. The van der Waals surface area contributed by atoms with Gasteiger partial charge in [-0.05, 0) is 134 Å². The first kappa shape index (κ1) is 62.1. The molecule has 18 bridgehead atoms. The van der Waals surface area contributed by atoms with E-state index >= 15 is 4.79 Å². The smallest absolute Gasteiger partial charge is 0.172 e. The van der Waals surface area contributed by atoms with Gasteiger partial charge in [0.25, 0.3) is 0 Å². The van der Waals surface area contributed by atoms with Crippen LogP contribution >= 0.6 is 0 Å². The van der Waals surface area contributed by atoms with Crippen molar-refractivity contribution in [3.05, 3.63) is 337 Å². The summed E-state index contributed by atoms with van der Waals surface area (Å²) in [6.07, 6.45) is 8.44. The molecular formula is C96H66N8O3. The first-order chi connectivity index (χ1) is 52.7. The molecule has 11 heteroatoms. The molecule has 508 valence electrons. The zero-order valence-corrected chi connectivity index (χ0v) is 58.1. The number of ketones is 1. The number of aromatic nitrogens is 8. The van der Waals surface area contributed by atoms with E-state index in [4.69, 9.17) is 19.9 Å². The van der Waals surface area contributed by atoms with E-state index in [1.54, 1.807) is 0 Å². The van der Waals surface area contributed by atoms with Gasteiger partial charge in [0.15, 0.2) is 5.78 Å². The molecule has 5 unspecified atom stereocenters. The number of aliphatic hydroxyl groups excluding tert-OH is 1. The highest BCUT2D eigenvalue weighted by molar-refractivity contribution is 6.38. The molecule has 7 aliphatic rings. The van der Waals surface area contributed by atoms with Crippen LogP contribution in [-0.2, 0) is 4.79 Å². The number of fused-ring (bicyclic) bond motifs is 28. The van der Waals surface area contributed by atoms with E-state index in [0.29, 0.717) is 39.5 Å². The van der Waals surface area contributed by atoms with Crippen LogP contribution in [0.15, 0.2) is 291 Å². The third kappa shape index (κ3) is 9.31. The minimum atomic E-state index is -1.95. The summed E-state index contributed by atoms with van der Waals surface area (Å²) in [5.41, 5.74) is 25.1. The second-order valence-electron chi connectivity index (χ2n) is 28.9. The number of H-pyrrole nitrogens is 4. The molecular weight excluding hydrogens is 1310 g/mol. The molecule has 4 aliphatic heterocycles. The van der Waals surface area contributed by atoms with Gasteiger partial charge in [-0.15, -0.1) is 0 Å². The SMILES string of the molecule is CC12C(=O)C3=C(c4nc3c(-c3ccccc3)c3ccc([nH]3)c(-c3ccccc3)c3nc(c(-c5ccccc5)c5ccc([nH]5)c4-c4ccccc4)C=C3)C1C1C3=C(c4nc3c(-c3ccccc3)c3ccc([nH]3)c(-c3ccccc3)c3nc(c(-c5ccccc5)c5ccc([nH]5)c4-c4ccccc4)C=C3)C2C1(O)CO. The Bertz CT molecular complexity index is 6580. The minimum Gasteiger partial charge on any atom is -0.393 e. The molecule has 3 aliphatic carbocycles. The quantitative estimate of drug-likeness (QED) is 0.0835. The molecule has 8 aromatic carbocycles. The topological polar surface area (TPSA) is 172 Å². The van der Waals surface area contributed by atoms with E-state index in [1.807, 2.05) is 97.1 Å². The highest BCUT2D eigenvalue weighted by Gasteiger charge is 2.79. The van der Waals surface area contributed by atoms with E-state index in [-0.39, 0.29) is 5.78 Å². The third-order valence-corrected chi connectivity index (χ3v) is 23.2. The zero-order valence-electron chi connectivity index (χ0n) is 58.1. The van der Waals surface area contributed by atoms with Gasteiger partial charge in [0.2, 0.25) is 0 Å². The zero-order chi connectivity index (χ0) is 71.2. The van der Waals surface area contributed by atoms with Crippen LogP contribution in [-0.4, -0.2) is 68.1 Å². The summed E-state index contributed by atoms with van der Waals surface area (Å²) in [4.78, 5) is 57.3. The Labute approximate surface area is 615 Å². The summed E-state index contributed by atoms with van der Waals surface area (Å²) in [5, 5.41) is 27.7. The fourth-order valence-electron chi connectivity index (χ4n) is 18.8. The molecule has 5 atom stereocenters. The average molecular weight is 1380 g/mol. The van der Waals surface area contributed by atoms with Gasteiger partial charge in [0.05, 0.1) is 57.7 Å². The van der Waals surface area contributed by atoms with Crippen LogP contribution < -0.4 is 0 Å². The van der Waals surface area contributed by atoms with Gasteiger partial charge >= 0.3 is 0 Å². The van der Waals surface area contributed by atoms with Crippen molar-refractivity contribution in [2.45, 2.75) is 12.5 Å². The third-order valence-electron chi connectivity index (χ3n) is 23.2. The Hall–Kier alpha value is -13.5. The summed E-state index contributed by atoms with van der Waals surface area (Å²) < 4.78 is 0. The van der Waals surface area contributed by atoms with Crippen LogP contribution in [0.4, 0.5) is 0 Å². The highest BCUT2D eigenvalue weighted by Crippen LogP contribution is 2.78. The van der Waals surface area contributed by atoms with Crippen LogP contribution in [0.25, 0.3) is 180 Å². The summed E-state index contributed by atoms with van der Waals surface area (Å²) >= 11 is 0. The lowest BCUT2D eigenvalue weighted by atomic mass is 9.63. The molecule has 0 amide bonds. The van der Waals surface area contributed by atoms with Gasteiger partial charge in [-0.2, -0.15) is 0 Å². The first-order valence-corrected chi connectivity index (χ1v) is 36.5. The number of aliphatic hydroxyl groups is 2. The van der Waals surface area contributed by atoms with Crippen molar-refractivity contribution in [1.82, 2.24) is 39.9 Å². The van der Waals surface area contributed by atoms with E-state index in [9.17, 15) is 10.2 Å². The number of nitrogens with zero attached hydrogens (tertiary/aromatic N) is 4. The van der Waals surface area contributed by atoms with Crippen molar-refractivity contribution < 1.29 is 15.0 Å². The maximum Gasteiger partial charge on any atom is 0.172 e. The molecule has 0 saturated heterocycles. The number of allylic oxidation sites excluding steroid dienone is 2. The molecule has 0 radical (unpaired) electrons. The first-order valence-electron chi connectivity index (χ1n) is 36.5. The predicted octanol–water partition coefficient (Wildman–Crippen LogP) is 21.3. The van der Waals surface area contributed by atoms with Crippen molar-refractivity contribution in [1.29, 1.82) is 0 Å². The van der Waals surface area contributed by atoms with Gasteiger partial charge in [0.1, 0.15) is 5.60 Å². The molecule has 1 saturated carbocycles. The van der Waals surface area contributed by atoms with Crippen LogP contribution in [0.3, 0.4) is 0 Å². The molecule has 6 N–H and O–H groups in total. The number of carbonyl (C=O) groups excluding carboxylic acids is 1. The number of carbonyl (C=O) groups is 1. The molecule has 21 rings (SSSR count). The number of hydrogen-bond donors (Lipinski definition) is 6. The second kappa shape index (κ2) is 24.1. The average Bonchev–Trinajstić information content (AvgIpc) is 1.46. The van der Waals surface area contributed by atoms with Gasteiger partial charge in [-0.25, -0.2) is 19.9 Å². The standard InChI is InChI=1S/C96H66N8O3/c1-95-87(84-86(94(95)106)92-82(62-40-24-9-25-41-62)74-53-49-70(102-74)78(58-32-16-5-17-33-58)66-45-43-64(98-66)76(56-28-12-3-13-29-56)68-47-51-72(100-68)80(90(84)104-92)60-36-20-7-21-37-60)88-83-85(93(95)96(88,107)54-105)91-81(61-38-22-8-23-39-61)73-52-48-69(101-73)77(57-30-14-4-15-31-57)65-44-42-63(97-65)75(55-26-10-2-11-27-55)67-46-50-71(99-67)79(89(83)103-91)59-34-18-6-19-35-59/h2-53,87-88,93,99-102,105,107H,54H2,1H3. The number of benzene rings is 8. The summed E-state index contributed by atoms with van der Waals surface area (Å²) in [6.45, 7) is 1.39. The summed E-state index contributed by atoms with van der Waals surface area (Å²) in [5.74, 6) is -3.01. The maximum absolute atomic E-state index is 17.9. The Morgan fingerprint density at radius 3 is 0.832 bits per heavy atom. The number of Topliss-reactive ketones (excluding diaryl/α,β-unsaturated/α-hetero) is 1. The normalized spacial score (nSPS) is 18.7. The van der Waals surface area contributed by atoms with Gasteiger partial charge in [-0.1, -0.05) is 250 Å². The summed E-state index contributed by atoms with van der Waals surface area (Å²) in [6, 6.07) is 99.8. The fourth-order valence-corrected chi connectivity index (χ4v) is 18.8. The van der Waals surface area contributed by atoms with E-state index in [2.05, 4.69) is 245 Å². The van der Waals surface area contributed by atoms with Crippen LogP contribution in [0.2, 0.25) is 0 Å².